The molecule has 1 aliphatic carbocycles. The van der Waals surface area contributed by atoms with Crippen LogP contribution in [-0.4, -0.2) is 90.0 Å². The Morgan fingerprint density at radius 2 is 1.77 bits per heavy atom. The molecule has 6 rings (SSSR count). The van der Waals surface area contributed by atoms with Crippen LogP contribution in [0, 0.1) is 5.41 Å². The third-order valence-electron chi connectivity index (χ3n) is 11.2. The molecule has 53 heavy (non-hydrogen) atoms. The molecule has 2 aliphatic heterocycles. The van der Waals surface area contributed by atoms with Crippen molar-refractivity contribution < 1.29 is 19.1 Å². The van der Waals surface area contributed by atoms with E-state index in [1.807, 2.05) is 17.5 Å². The molecule has 1 spiro atoms. The first-order chi connectivity index (χ1) is 25.8. The Bertz CT molecular complexity index is 1650. The van der Waals surface area contributed by atoms with Crippen molar-refractivity contribution >= 4 is 40.8 Å². The zero-order valence-corrected chi connectivity index (χ0v) is 32.1. The van der Waals surface area contributed by atoms with Gasteiger partial charge >= 0.3 is 6.09 Å². The molecule has 2 saturated heterocycles. The summed E-state index contributed by atoms with van der Waals surface area (Å²) in [4.78, 5) is 48.6. The summed E-state index contributed by atoms with van der Waals surface area (Å²) in [6.07, 6.45) is 7.11. The van der Waals surface area contributed by atoms with E-state index < -0.39 is 18.2 Å². The van der Waals surface area contributed by atoms with Gasteiger partial charge in [0.1, 0.15) is 6.04 Å². The van der Waals surface area contributed by atoms with Gasteiger partial charge in [-0.1, -0.05) is 66.6 Å². The molecular weight excluding hydrogens is 710 g/mol. The molecule has 3 heterocycles. The quantitative estimate of drug-likeness (QED) is 0.166. The SMILES string of the molecule is NCCCC[C@@H](NC1CCC2(CC1)CCN(Cc1ccccc1)C2)C(=O)N1CCN(C(=O)Oc2cccc(CN)c2Cl)C[C@H]1C(=O)NCc1cccs1. The Kier molecular flexibility index (Phi) is 13.8. The zero-order chi connectivity index (χ0) is 37.2. The van der Waals surface area contributed by atoms with Gasteiger partial charge in [-0.15, -0.1) is 11.3 Å². The van der Waals surface area contributed by atoms with Crippen LogP contribution in [0.15, 0.2) is 66.0 Å². The smallest absolute Gasteiger partial charge is 0.409 e. The standard InChI is InChI=1S/C40H54ClN7O4S/c41-36-30(24-43)10-6-13-35(36)52-39(51)47-21-22-48(34(27-47)37(49)44-25-32-11-7-23-53-32)38(50)33(12-4-5-19-42)45-31-14-16-40(17-15-31)18-20-46(28-40)26-29-8-2-1-3-9-29/h1-3,6-11,13,23,31,33-34,45H,4-5,12,14-22,24-28,42-43H2,(H,44,49)/t31?,33-,34+,40?/m1/s1. The third kappa shape index (κ3) is 10.2. The minimum atomic E-state index is -0.892. The van der Waals surface area contributed by atoms with Crippen molar-refractivity contribution in [2.75, 3.05) is 39.3 Å². The van der Waals surface area contributed by atoms with Crippen LogP contribution in [0.25, 0.3) is 0 Å². The lowest BCUT2D eigenvalue weighted by atomic mass is 9.72. The number of nitrogens with zero attached hydrogens (tertiary/aromatic N) is 3. The molecule has 1 saturated carbocycles. The number of carbonyl (C=O) groups is 3. The fourth-order valence-corrected chi connectivity index (χ4v) is 9.04. The average molecular weight is 764 g/mol. The molecule has 1 aromatic heterocycles. The lowest BCUT2D eigenvalue weighted by Crippen LogP contribution is -2.64. The van der Waals surface area contributed by atoms with Gasteiger partial charge in [-0.2, -0.15) is 0 Å². The summed E-state index contributed by atoms with van der Waals surface area (Å²) in [7, 11) is 0. The van der Waals surface area contributed by atoms with E-state index in [1.165, 1.54) is 16.9 Å². The van der Waals surface area contributed by atoms with Gasteiger partial charge in [0, 0.05) is 43.6 Å². The topological polar surface area (TPSA) is 146 Å². The van der Waals surface area contributed by atoms with Crippen molar-refractivity contribution in [2.24, 2.45) is 16.9 Å². The molecule has 6 N–H and O–H groups in total. The predicted octanol–water partition coefficient (Wildman–Crippen LogP) is 5.11. The summed E-state index contributed by atoms with van der Waals surface area (Å²) in [5.41, 5.74) is 14.0. The lowest BCUT2D eigenvalue weighted by Gasteiger charge is -2.43. The van der Waals surface area contributed by atoms with Crippen LogP contribution in [0.1, 0.15) is 67.4 Å². The lowest BCUT2D eigenvalue weighted by molar-refractivity contribution is -0.145. The summed E-state index contributed by atoms with van der Waals surface area (Å²) in [6.45, 7) is 4.73. The van der Waals surface area contributed by atoms with E-state index in [0.29, 0.717) is 30.5 Å². The van der Waals surface area contributed by atoms with Crippen LogP contribution in [0.5, 0.6) is 5.75 Å². The number of nitrogens with one attached hydrogen (secondary N) is 2. The van der Waals surface area contributed by atoms with Gasteiger partial charge in [-0.3, -0.25) is 14.5 Å². The number of amides is 3. The summed E-state index contributed by atoms with van der Waals surface area (Å²) in [5, 5.41) is 9.01. The number of ether oxygens (including phenoxy) is 1. The van der Waals surface area contributed by atoms with Crippen molar-refractivity contribution in [2.45, 2.75) is 89.1 Å². The molecule has 286 valence electrons. The van der Waals surface area contributed by atoms with Gasteiger partial charge in [0.2, 0.25) is 11.8 Å². The van der Waals surface area contributed by atoms with Crippen LogP contribution in [-0.2, 0) is 29.2 Å². The normalized spacial score (nSPS) is 22.5. The fourth-order valence-electron chi connectivity index (χ4n) is 8.16. The Balaban J connectivity index is 1.12. The highest BCUT2D eigenvalue weighted by atomic mass is 35.5. The second kappa shape index (κ2) is 18.7. The highest BCUT2D eigenvalue weighted by Gasteiger charge is 2.43. The minimum Gasteiger partial charge on any atom is -0.409 e. The minimum absolute atomic E-state index is 0.00397. The molecule has 3 amide bonds. The number of halogens is 1. The van der Waals surface area contributed by atoms with Gasteiger partial charge < -0.3 is 36.6 Å². The van der Waals surface area contributed by atoms with Gasteiger partial charge in [0.25, 0.3) is 0 Å². The van der Waals surface area contributed by atoms with Gasteiger partial charge in [0.15, 0.2) is 5.75 Å². The van der Waals surface area contributed by atoms with Crippen molar-refractivity contribution in [1.29, 1.82) is 0 Å². The third-order valence-corrected chi connectivity index (χ3v) is 12.5. The van der Waals surface area contributed by atoms with Crippen molar-refractivity contribution in [3.63, 3.8) is 0 Å². The average Bonchev–Trinajstić information content (AvgIpc) is 3.85. The first-order valence-corrected chi connectivity index (χ1v) is 20.3. The van der Waals surface area contributed by atoms with E-state index in [1.54, 1.807) is 34.4 Å². The van der Waals surface area contributed by atoms with Gasteiger partial charge in [0.05, 0.1) is 24.2 Å². The Morgan fingerprint density at radius 3 is 2.51 bits per heavy atom. The van der Waals surface area contributed by atoms with Crippen molar-refractivity contribution in [3.8, 4) is 5.75 Å². The van der Waals surface area contributed by atoms with Gasteiger partial charge in [-0.05, 0) is 92.1 Å². The highest BCUT2D eigenvalue weighted by molar-refractivity contribution is 7.09. The largest absolute Gasteiger partial charge is 0.415 e. The molecule has 0 bridgehead atoms. The maximum Gasteiger partial charge on any atom is 0.415 e. The second-order valence-corrected chi connectivity index (χ2v) is 16.2. The number of rotatable bonds is 14. The van der Waals surface area contributed by atoms with Crippen LogP contribution < -0.4 is 26.8 Å². The molecule has 2 atom stereocenters. The van der Waals surface area contributed by atoms with E-state index in [9.17, 15) is 14.4 Å². The summed E-state index contributed by atoms with van der Waals surface area (Å²) in [5.74, 6) is -0.217. The van der Waals surface area contributed by atoms with Crippen LogP contribution in [0.2, 0.25) is 5.02 Å². The molecular formula is C40H54ClN7O4S. The highest BCUT2D eigenvalue weighted by Crippen LogP contribution is 2.44. The molecule has 0 radical (unpaired) electrons. The number of hydrogen-bond donors (Lipinski definition) is 4. The number of likely N-dealkylation sites (tertiary alicyclic amines) is 1. The Hall–Kier alpha value is -3.52. The molecule has 3 fully saturated rings. The molecule has 3 aromatic rings. The van der Waals surface area contributed by atoms with Crippen LogP contribution in [0.4, 0.5) is 4.79 Å². The molecule has 13 heteroatoms. The maximum atomic E-state index is 14.5. The monoisotopic (exact) mass is 763 g/mol. The Morgan fingerprint density at radius 1 is 0.962 bits per heavy atom. The first-order valence-electron chi connectivity index (χ1n) is 19.0. The molecule has 11 nitrogen and oxygen atoms in total. The number of hydrogen-bond acceptors (Lipinski definition) is 9. The number of unbranched alkanes of at least 4 members (excludes halogenated alkanes) is 1. The van der Waals surface area contributed by atoms with Crippen molar-refractivity contribution in [3.05, 3.63) is 87.1 Å². The summed E-state index contributed by atoms with van der Waals surface area (Å²) in [6, 6.07) is 18.6. The number of nitrogens with two attached hydrogens (primary N) is 2. The van der Waals surface area contributed by atoms with E-state index in [0.717, 1.165) is 63.0 Å². The van der Waals surface area contributed by atoms with E-state index in [4.69, 9.17) is 27.8 Å². The number of carbonyl (C=O) groups excluding carboxylic acids is 3. The Labute approximate surface area is 322 Å². The van der Waals surface area contributed by atoms with E-state index in [-0.39, 0.29) is 54.8 Å². The van der Waals surface area contributed by atoms with E-state index >= 15 is 0 Å². The molecule has 0 unspecified atom stereocenters. The first kappa shape index (κ1) is 39.2. The number of benzene rings is 2. The van der Waals surface area contributed by atoms with Gasteiger partial charge in [-0.25, -0.2) is 4.79 Å². The molecule has 2 aromatic carbocycles. The van der Waals surface area contributed by atoms with Crippen LogP contribution >= 0.6 is 22.9 Å². The molecule has 3 aliphatic rings. The summed E-state index contributed by atoms with van der Waals surface area (Å²) >= 11 is 8.00. The predicted molar refractivity (Wildman–Crippen MR) is 209 cm³/mol. The zero-order valence-electron chi connectivity index (χ0n) is 30.5. The fraction of sp³-hybridized carbons (Fsp3) is 0.525. The number of piperazine rings is 1. The number of thiophene rings is 1. The van der Waals surface area contributed by atoms with Crippen LogP contribution in [0.3, 0.4) is 0 Å². The second-order valence-electron chi connectivity index (χ2n) is 14.8. The van der Waals surface area contributed by atoms with E-state index in [2.05, 4.69) is 45.9 Å². The summed E-state index contributed by atoms with van der Waals surface area (Å²) < 4.78 is 5.70. The van der Waals surface area contributed by atoms with Crippen molar-refractivity contribution in [1.82, 2.24) is 25.3 Å². The maximum absolute atomic E-state index is 14.5.